The second-order valence-corrected chi connectivity index (χ2v) is 4.39. The van der Waals surface area contributed by atoms with Gasteiger partial charge in [0.15, 0.2) is 0 Å². The molecule has 0 aliphatic rings. The first-order valence-corrected chi connectivity index (χ1v) is 5.56. The van der Waals surface area contributed by atoms with Crippen molar-refractivity contribution in [2.45, 2.75) is 6.54 Å². The summed E-state index contributed by atoms with van der Waals surface area (Å²) in [7, 11) is 0. The maximum absolute atomic E-state index is 5.82. The predicted octanol–water partition coefficient (Wildman–Crippen LogP) is 2.93. The highest BCUT2D eigenvalue weighted by Crippen LogP contribution is 2.21. The average molecular weight is 287 g/mol. The molecule has 78 valence electrons. The molecule has 2 rings (SSSR count). The zero-order valence-corrected chi connectivity index (χ0v) is 10.2. The van der Waals surface area contributed by atoms with E-state index in [0.29, 0.717) is 17.4 Å². The zero-order chi connectivity index (χ0) is 10.8. The number of nitrogen functional groups attached to an aromatic ring is 1. The molecule has 0 spiro atoms. The molecule has 3 nitrogen and oxygen atoms in total. The van der Waals surface area contributed by atoms with Crippen LogP contribution in [-0.2, 0) is 6.54 Å². The van der Waals surface area contributed by atoms with E-state index in [1.54, 1.807) is 10.9 Å². The molecule has 0 fully saturated rings. The van der Waals surface area contributed by atoms with Crippen LogP contribution in [0.1, 0.15) is 5.56 Å². The van der Waals surface area contributed by atoms with Gasteiger partial charge in [-0.05, 0) is 11.6 Å². The van der Waals surface area contributed by atoms with E-state index in [-0.39, 0.29) is 0 Å². The zero-order valence-electron chi connectivity index (χ0n) is 7.82. The number of anilines is 1. The van der Waals surface area contributed by atoms with Crippen molar-refractivity contribution < 1.29 is 0 Å². The third-order valence-electron chi connectivity index (χ3n) is 2.11. The largest absolute Gasteiger partial charge is 0.383 e. The van der Waals surface area contributed by atoms with Crippen LogP contribution in [-0.4, -0.2) is 9.78 Å². The van der Waals surface area contributed by atoms with Crippen LogP contribution in [0.5, 0.6) is 0 Å². The highest BCUT2D eigenvalue weighted by molar-refractivity contribution is 9.10. The average Bonchev–Trinajstić information content (AvgIpc) is 2.53. The van der Waals surface area contributed by atoms with Gasteiger partial charge < -0.3 is 5.73 Å². The van der Waals surface area contributed by atoms with Gasteiger partial charge >= 0.3 is 0 Å². The molecule has 5 heteroatoms. The van der Waals surface area contributed by atoms with Crippen LogP contribution in [0.25, 0.3) is 0 Å². The van der Waals surface area contributed by atoms with Crippen molar-refractivity contribution in [2.24, 2.45) is 0 Å². The number of aromatic nitrogens is 2. The van der Waals surface area contributed by atoms with Gasteiger partial charge in [-0.3, -0.25) is 0 Å². The first-order valence-electron chi connectivity index (χ1n) is 4.38. The van der Waals surface area contributed by atoms with Gasteiger partial charge in [-0.1, -0.05) is 45.7 Å². The number of halogens is 2. The van der Waals surface area contributed by atoms with E-state index in [1.165, 1.54) is 0 Å². The Kier molecular flexibility index (Phi) is 2.98. The Balaban J connectivity index is 2.30. The Labute approximate surface area is 101 Å². The molecule has 0 aliphatic carbocycles. The van der Waals surface area contributed by atoms with Crippen molar-refractivity contribution in [1.29, 1.82) is 0 Å². The van der Waals surface area contributed by atoms with E-state index < -0.39 is 0 Å². The second-order valence-electron chi connectivity index (χ2n) is 3.13. The molecular weight excluding hydrogens is 277 g/mol. The molecule has 0 saturated carbocycles. The fourth-order valence-corrected chi connectivity index (χ4v) is 1.84. The van der Waals surface area contributed by atoms with Gasteiger partial charge in [0.2, 0.25) is 0 Å². The maximum Gasteiger partial charge on any atom is 0.140 e. The lowest BCUT2D eigenvalue weighted by Gasteiger charge is -2.06. The summed E-state index contributed by atoms with van der Waals surface area (Å²) in [5.41, 5.74) is 6.87. The first kappa shape index (κ1) is 10.5. The molecule has 0 saturated heterocycles. The van der Waals surface area contributed by atoms with E-state index >= 15 is 0 Å². The van der Waals surface area contributed by atoms with E-state index in [4.69, 9.17) is 17.3 Å². The summed E-state index contributed by atoms with van der Waals surface area (Å²) in [6.45, 7) is 0.611. The molecule has 0 aliphatic heterocycles. The minimum Gasteiger partial charge on any atom is -0.383 e. The molecule has 2 aromatic rings. The topological polar surface area (TPSA) is 43.8 Å². The monoisotopic (exact) mass is 285 g/mol. The molecule has 0 atom stereocenters. The number of rotatable bonds is 2. The highest BCUT2D eigenvalue weighted by Gasteiger charge is 2.06. The van der Waals surface area contributed by atoms with Gasteiger partial charge in [-0.2, -0.15) is 5.10 Å². The lowest BCUT2D eigenvalue weighted by Crippen LogP contribution is -2.06. The van der Waals surface area contributed by atoms with E-state index in [1.807, 2.05) is 24.3 Å². The van der Waals surface area contributed by atoms with Crippen molar-refractivity contribution in [3.05, 3.63) is 45.5 Å². The molecule has 1 aromatic carbocycles. The fraction of sp³-hybridized carbons (Fsp3) is 0.100. The van der Waals surface area contributed by atoms with Gasteiger partial charge in [-0.25, -0.2) is 4.68 Å². The third-order valence-corrected chi connectivity index (χ3v) is 3.18. The van der Waals surface area contributed by atoms with Gasteiger partial charge in [0, 0.05) is 4.47 Å². The van der Waals surface area contributed by atoms with E-state index in [2.05, 4.69) is 21.0 Å². The summed E-state index contributed by atoms with van der Waals surface area (Å²) in [6.07, 6.45) is 1.55. The van der Waals surface area contributed by atoms with Crippen molar-refractivity contribution >= 4 is 33.3 Å². The molecule has 2 N–H and O–H groups in total. The number of benzene rings is 1. The minimum absolute atomic E-state index is 0.488. The Bertz CT molecular complexity index is 481. The predicted molar refractivity (Wildman–Crippen MR) is 64.9 cm³/mol. The van der Waals surface area contributed by atoms with Gasteiger partial charge in [0.25, 0.3) is 0 Å². The fourth-order valence-electron chi connectivity index (χ4n) is 1.29. The third kappa shape index (κ3) is 2.16. The molecule has 15 heavy (non-hydrogen) atoms. The molecular formula is C10H9BrClN3. The molecule has 1 heterocycles. The van der Waals surface area contributed by atoms with Crippen LogP contribution in [0.3, 0.4) is 0 Å². The number of hydrogen-bond acceptors (Lipinski definition) is 2. The summed E-state index contributed by atoms with van der Waals surface area (Å²) in [5.74, 6) is 0.493. The Morgan fingerprint density at radius 1 is 1.40 bits per heavy atom. The van der Waals surface area contributed by atoms with E-state index in [9.17, 15) is 0 Å². The molecule has 0 unspecified atom stereocenters. The van der Waals surface area contributed by atoms with Crippen molar-refractivity contribution in [3.8, 4) is 0 Å². The summed E-state index contributed by atoms with van der Waals surface area (Å²) in [6, 6.07) is 7.93. The van der Waals surface area contributed by atoms with Crippen LogP contribution in [0.4, 0.5) is 5.82 Å². The van der Waals surface area contributed by atoms with Crippen LogP contribution in [0, 0.1) is 0 Å². The van der Waals surface area contributed by atoms with Crippen LogP contribution >= 0.6 is 27.5 Å². The van der Waals surface area contributed by atoms with Gasteiger partial charge in [0.05, 0.1) is 12.7 Å². The van der Waals surface area contributed by atoms with Crippen LogP contribution in [0.15, 0.2) is 34.9 Å². The standard InChI is InChI=1S/C10H9BrClN3/c11-8-4-2-1-3-7(8)6-15-10(13)9(12)5-14-15/h1-5H,6,13H2. The normalized spacial score (nSPS) is 10.5. The van der Waals surface area contributed by atoms with Crippen LogP contribution < -0.4 is 5.73 Å². The SMILES string of the molecule is Nc1c(Cl)cnn1Cc1ccccc1Br. The summed E-state index contributed by atoms with van der Waals surface area (Å²) in [5, 5.41) is 4.58. The summed E-state index contributed by atoms with van der Waals surface area (Å²) < 4.78 is 2.71. The molecule has 1 aromatic heterocycles. The lowest BCUT2D eigenvalue weighted by atomic mass is 10.2. The molecule has 0 amide bonds. The summed E-state index contributed by atoms with van der Waals surface area (Å²) >= 11 is 9.29. The molecule has 0 radical (unpaired) electrons. The van der Waals surface area contributed by atoms with Gasteiger partial charge in [0.1, 0.15) is 10.8 Å². The van der Waals surface area contributed by atoms with Crippen molar-refractivity contribution in [3.63, 3.8) is 0 Å². The van der Waals surface area contributed by atoms with Crippen molar-refractivity contribution in [2.75, 3.05) is 5.73 Å². The van der Waals surface area contributed by atoms with E-state index in [0.717, 1.165) is 10.0 Å². The Hall–Kier alpha value is -1.000. The quantitative estimate of drug-likeness (QED) is 0.922. The number of nitrogens with two attached hydrogens (primary N) is 1. The van der Waals surface area contributed by atoms with Crippen LogP contribution in [0.2, 0.25) is 5.02 Å². The maximum atomic E-state index is 5.82. The molecule has 0 bridgehead atoms. The summed E-state index contributed by atoms with van der Waals surface area (Å²) in [4.78, 5) is 0. The lowest BCUT2D eigenvalue weighted by molar-refractivity contribution is 0.695. The number of hydrogen-bond donors (Lipinski definition) is 1. The first-order chi connectivity index (χ1) is 7.18. The Morgan fingerprint density at radius 3 is 2.73 bits per heavy atom. The Morgan fingerprint density at radius 2 is 2.13 bits per heavy atom. The van der Waals surface area contributed by atoms with Crippen molar-refractivity contribution in [1.82, 2.24) is 9.78 Å². The smallest absolute Gasteiger partial charge is 0.140 e. The number of nitrogens with zero attached hydrogens (tertiary/aromatic N) is 2. The highest BCUT2D eigenvalue weighted by atomic mass is 79.9. The second kappa shape index (κ2) is 4.24. The minimum atomic E-state index is 0.488. The van der Waals surface area contributed by atoms with Gasteiger partial charge in [-0.15, -0.1) is 0 Å².